The first kappa shape index (κ1) is 22.1. The van der Waals surface area contributed by atoms with Crippen LogP contribution in [0.1, 0.15) is 37.3 Å². The van der Waals surface area contributed by atoms with Crippen molar-refractivity contribution in [3.8, 4) is 0 Å². The predicted molar refractivity (Wildman–Crippen MR) is 113 cm³/mol. The molecule has 5 nitrogen and oxygen atoms in total. The van der Waals surface area contributed by atoms with E-state index in [9.17, 15) is 5.11 Å². The van der Waals surface area contributed by atoms with Crippen LogP contribution in [0.3, 0.4) is 0 Å². The van der Waals surface area contributed by atoms with E-state index >= 15 is 0 Å². The molecule has 1 aromatic carbocycles. The molecule has 1 heterocycles. The Labute approximate surface area is 174 Å². The van der Waals surface area contributed by atoms with E-state index < -0.39 is 6.10 Å². The molecule has 8 heteroatoms. The highest BCUT2D eigenvalue weighted by Crippen LogP contribution is 2.25. The molecule has 1 aromatic heterocycles. The van der Waals surface area contributed by atoms with Gasteiger partial charge in [0.2, 0.25) is 0 Å². The van der Waals surface area contributed by atoms with E-state index in [1.807, 2.05) is 26.0 Å². The summed E-state index contributed by atoms with van der Waals surface area (Å²) in [5.74, 6) is 1.09. The number of aliphatic hydroxyl groups excluding tert-OH is 1. The number of guanidine groups is 1. The van der Waals surface area contributed by atoms with Crippen LogP contribution >= 0.6 is 47.2 Å². The van der Waals surface area contributed by atoms with Gasteiger partial charge in [-0.15, -0.1) is 24.0 Å². The Bertz CT molecular complexity index is 681. The number of furan rings is 1. The Kier molecular flexibility index (Phi) is 9.63. The first-order chi connectivity index (χ1) is 11.5. The molecule has 0 aliphatic rings. The second kappa shape index (κ2) is 10.9. The van der Waals surface area contributed by atoms with Crippen molar-refractivity contribution in [3.63, 3.8) is 0 Å². The van der Waals surface area contributed by atoms with Gasteiger partial charge in [-0.3, -0.25) is 4.99 Å². The van der Waals surface area contributed by atoms with Crippen LogP contribution in [-0.4, -0.2) is 24.2 Å². The van der Waals surface area contributed by atoms with E-state index in [0.717, 1.165) is 5.56 Å². The predicted octanol–water partition coefficient (Wildman–Crippen LogP) is 4.55. The van der Waals surface area contributed by atoms with Crippen molar-refractivity contribution < 1.29 is 9.52 Å². The van der Waals surface area contributed by atoms with Crippen LogP contribution in [0.15, 0.2) is 46.0 Å². The fourth-order valence-electron chi connectivity index (χ4n) is 2.14. The molecular formula is C17H22Cl2IN3O2. The number of aliphatic imine (C=N–C) groups is 1. The van der Waals surface area contributed by atoms with Crippen LogP contribution in [0, 0.1) is 0 Å². The molecule has 0 amide bonds. The average Bonchev–Trinajstić information content (AvgIpc) is 3.09. The molecule has 3 N–H and O–H groups in total. The molecular weight excluding hydrogens is 476 g/mol. The summed E-state index contributed by atoms with van der Waals surface area (Å²) >= 11 is 12.0. The van der Waals surface area contributed by atoms with E-state index in [0.29, 0.717) is 28.3 Å². The third kappa shape index (κ3) is 6.69. The summed E-state index contributed by atoms with van der Waals surface area (Å²) in [6.45, 7) is 4.87. The average molecular weight is 498 g/mol. The monoisotopic (exact) mass is 497 g/mol. The quantitative estimate of drug-likeness (QED) is 0.311. The molecule has 0 aliphatic carbocycles. The van der Waals surface area contributed by atoms with Gasteiger partial charge in [-0.05, 0) is 43.7 Å². The Hall–Kier alpha value is -0.960. The van der Waals surface area contributed by atoms with Crippen LogP contribution in [0.4, 0.5) is 0 Å². The first-order valence-corrected chi connectivity index (χ1v) is 8.48. The molecule has 0 spiro atoms. The molecule has 2 atom stereocenters. The minimum absolute atomic E-state index is 0. The molecule has 0 radical (unpaired) electrons. The Morgan fingerprint density at radius 2 is 2.04 bits per heavy atom. The van der Waals surface area contributed by atoms with E-state index in [-0.39, 0.29) is 36.6 Å². The van der Waals surface area contributed by atoms with Crippen molar-refractivity contribution in [2.75, 3.05) is 13.1 Å². The fourth-order valence-corrected chi connectivity index (χ4v) is 2.45. The molecule has 2 aromatic rings. The smallest absolute Gasteiger partial charge is 0.191 e. The third-order valence-corrected chi connectivity index (χ3v) is 4.17. The zero-order chi connectivity index (χ0) is 17.5. The third-order valence-electron chi connectivity index (χ3n) is 3.44. The van der Waals surface area contributed by atoms with Gasteiger partial charge in [0, 0.05) is 6.54 Å². The van der Waals surface area contributed by atoms with Gasteiger partial charge in [-0.25, -0.2) is 0 Å². The number of halogens is 3. The number of nitrogens with zero attached hydrogens (tertiary/aromatic N) is 1. The molecule has 138 valence electrons. The lowest BCUT2D eigenvalue weighted by Gasteiger charge is -2.19. The number of rotatable bonds is 6. The molecule has 2 rings (SSSR count). The van der Waals surface area contributed by atoms with Crippen molar-refractivity contribution in [1.82, 2.24) is 10.6 Å². The number of aliphatic hydroxyl groups is 1. The summed E-state index contributed by atoms with van der Waals surface area (Å²) in [5, 5.41) is 17.5. The highest BCUT2D eigenvalue weighted by Gasteiger charge is 2.12. The fraction of sp³-hybridized carbons (Fsp3) is 0.353. The topological polar surface area (TPSA) is 69.8 Å². The summed E-state index contributed by atoms with van der Waals surface area (Å²) in [6, 6.07) is 8.92. The van der Waals surface area contributed by atoms with Gasteiger partial charge in [0.15, 0.2) is 5.96 Å². The van der Waals surface area contributed by atoms with Gasteiger partial charge in [-0.2, -0.15) is 0 Å². The Morgan fingerprint density at radius 1 is 1.28 bits per heavy atom. The molecule has 2 unspecified atom stereocenters. The summed E-state index contributed by atoms with van der Waals surface area (Å²) in [7, 11) is 0. The maximum absolute atomic E-state index is 10.1. The number of benzene rings is 1. The second-order valence-electron chi connectivity index (χ2n) is 5.29. The van der Waals surface area contributed by atoms with Crippen molar-refractivity contribution in [3.05, 3.63) is 58.0 Å². The van der Waals surface area contributed by atoms with Gasteiger partial charge in [0.25, 0.3) is 0 Å². The first-order valence-electron chi connectivity index (χ1n) is 7.72. The molecule has 0 aliphatic heterocycles. The van der Waals surface area contributed by atoms with Crippen LogP contribution in [0.5, 0.6) is 0 Å². The SMILES string of the molecule is CCNC(=NCC(O)c1ccco1)NC(C)c1ccc(Cl)c(Cl)c1.I. The Balaban J connectivity index is 0.00000312. The maximum Gasteiger partial charge on any atom is 0.191 e. The zero-order valence-electron chi connectivity index (χ0n) is 14.0. The van der Waals surface area contributed by atoms with Crippen LogP contribution in [0.2, 0.25) is 10.0 Å². The van der Waals surface area contributed by atoms with Crippen molar-refractivity contribution in [2.24, 2.45) is 4.99 Å². The summed E-state index contributed by atoms with van der Waals surface area (Å²) < 4.78 is 5.18. The second-order valence-corrected chi connectivity index (χ2v) is 6.10. The van der Waals surface area contributed by atoms with Gasteiger partial charge >= 0.3 is 0 Å². The lowest BCUT2D eigenvalue weighted by Crippen LogP contribution is -2.39. The minimum Gasteiger partial charge on any atom is -0.467 e. The highest BCUT2D eigenvalue weighted by molar-refractivity contribution is 14.0. The lowest BCUT2D eigenvalue weighted by atomic mass is 10.1. The van der Waals surface area contributed by atoms with E-state index in [1.165, 1.54) is 6.26 Å². The van der Waals surface area contributed by atoms with Crippen molar-refractivity contribution >= 4 is 53.1 Å². The van der Waals surface area contributed by atoms with Gasteiger partial charge in [0.05, 0.1) is 28.9 Å². The van der Waals surface area contributed by atoms with Crippen LogP contribution in [0.25, 0.3) is 0 Å². The van der Waals surface area contributed by atoms with Crippen LogP contribution in [-0.2, 0) is 0 Å². The minimum atomic E-state index is -0.782. The normalized spacial score (nSPS) is 13.7. The van der Waals surface area contributed by atoms with E-state index in [1.54, 1.807) is 18.2 Å². The zero-order valence-corrected chi connectivity index (χ0v) is 17.8. The van der Waals surface area contributed by atoms with Gasteiger partial charge < -0.3 is 20.2 Å². The van der Waals surface area contributed by atoms with Crippen molar-refractivity contribution in [1.29, 1.82) is 0 Å². The summed E-state index contributed by atoms with van der Waals surface area (Å²) in [4.78, 5) is 4.40. The molecule has 0 bridgehead atoms. The lowest BCUT2D eigenvalue weighted by molar-refractivity contribution is 0.158. The van der Waals surface area contributed by atoms with Crippen molar-refractivity contribution in [2.45, 2.75) is 26.0 Å². The Morgan fingerprint density at radius 3 is 2.64 bits per heavy atom. The number of nitrogens with one attached hydrogen (secondary N) is 2. The van der Waals surface area contributed by atoms with Crippen LogP contribution < -0.4 is 10.6 Å². The van der Waals surface area contributed by atoms with E-state index in [4.69, 9.17) is 27.6 Å². The maximum atomic E-state index is 10.1. The van der Waals surface area contributed by atoms with Gasteiger partial charge in [0.1, 0.15) is 11.9 Å². The highest BCUT2D eigenvalue weighted by atomic mass is 127. The number of hydrogen-bond acceptors (Lipinski definition) is 3. The number of hydrogen-bond donors (Lipinski definition) is 3. The molecule has 0 fully saturated rings. The van der Waals surface area contributed by atoms with Gasteiger partial charge in [-0.1, -0.05) is 29.3 Å². The molecule has 25 heavy (non-hydrogen) atoms. The molecule has 0 saturated carbocycles. The summed E-state index contributed by atoms with van der Waals surface area (Å²) in [6.07, 6.45) is 0.744. The van der Waals surface area contributed by atoms with E-state index in [2.05, 4.69) is 15.6 Å². The largest absolute Gasteiger partial charge is 0.467 e. The summed E-state index contributed by atoms with van der Waals surface area (Å²) in [5.41, 5.74) is 0.988. The molecule has 0 saturated heterocycles. The standard InChI is InChI=1S/C17H21Cl2N3O2.HI/c1-3-20-17(21-10-15(23)16-5-4-8-24-16)22-11(2)12-6-7-13(18)14(19)9-12;/h4-9,11,15,23H,3,10H2,1-2H3,(H2,20,21,22);1H.